The Kier molecular flexibility index (Phi) is 6.10. The van der Waals surface area contributed by atoms with E-state index in [1.54, 1.807) is 4.68 Å². The van der Waals surface area contributed by atoms with Crippen molar-refractivity contribution in [2.75, 3.05) is 32.9 Å². The van der Waals surface area contributed by atoms with Crippen molar-refractivity contribution in [3.63, 3.8) is 0 Å². The van der Waals surface area contributed by atoms with E-state index in [9.17, 15) is 9.90 Å². The highest BCUT2D eigenvalue weighted by atomic mass is 28.3. The normalized spacial score (nSPS) is 24.0. The summed E-state index contributed by atoms with van der Waals surface area (Å²) in [7, 11) is -1.15. The first kappa shape index (κ1) is 20.5. The zero-order valence-electron chi connectivity index (χ0n) is 17.1. The van der Waals surface area contributed by atoms with Crippen LogP contribution < -0.4 is 0 Å². The fourth-order valence-corrected chi connectivity index (χ4v) is 4.78. The van der Waals surface area contributed by atoms with Crippen LogP contribution in [0.25, 0.3) is 0 Å². The average Bonchev–Trinajstić information content (AvgIpc) is 2.96. The largest absolute Gasteiger partial charge is 0.476 e. The van der Waals surface area contributed by atoms with Crippen LogP contribution in [0.15, 0.2) is 0 Å². The molecule has 1 atom stereocenters. The van der Waals surface area contributed by atoms with Gasteiger partial charge in [0.2, 0.25) is 0 Å². The number of aromatic carboxylic acids is 1. The Morgan fingerprint density at radius 3 is 2.67 bits per heavy atom. The minimum absolute atomic E-state index is 0.0165. The number of carboxylic acid groups (broad SMARTS) is 1. The summed E-state index contributed by atoms with van der Waals surface area (Å²) in [4.78, 5) is 14.2. The van der Waals surface area contributed by atoms with E-state index in [4.69, 9.17) is 9.47 Å². The van der Waals surface area contributed by atoms with E-state index in [0.29, 0.717) is 13.3 Å². The number of hydrogen-bond donors (Lipinski definition) is 1. The van der Waals surface area contributed by atoms with E-state index >= 15 is 0 Å². The van der Waals surface area contributed by atoms with Crippen molar-refractivity contribution in [2.45, 2.75) is 64.1 Å². The van der Waals surface area contributed by atoms with Gasteiger partial charge >= 0.3 is 5.97 Å². The fraction of sp³-hybridized carbons (Fsp3) is 0.789. The van der Waals surface area contributed by atoms with Gasteiger partial charge in [0, 0.05) is 51.0 Å². The average molecular weight is 396 g/mol. The number of ether oxygens (including phenoxy) is 2. The Bertz CT molecular complexity index is 679. The van der Waals surface area contributed by atoms with Gasteiger partial charge in [-0.25, -0.2) is 9.48 Å². The Morgan fingerprint density at radius 2 is 2.04 bits per heavy atom. The van der Waals surface area contributed by atoms with Gasteiger partial charge in [-0.3, -0.25) is 4.90 Å². The standard InChI is InChI=1S/C19H33N3O4Si/c1-19(21-7-9-25-10-8-21)6-5-15-16(13-19)22(20-17(15)18(23)24)14-26-11-12-27(2,3)4/h5-14H2,1-4H3,(H,23,24). The Balaban J connectivity index is 1.77. The summed E-state index contributed by atoms with van der Waals surface area (Å²) < 4.78 is 13.2. The third kappa shape index (κ3) is 4.79. The molecule has 0 radical (unpaired) electrons. The smallest absolute Gasteiger partial charge is 0.356 e. The third-order valence-corrected chi connectivity index (χ3v) is 7.52. The molecule has 0 aromatic carbocycles. The second-order valence-corrected chi connectivity index (χ2v) is 14.8. The van der Waals surface area contributed by atoms with Crippen LogP contribution in [-0.2, 0) is 29.0 Å². The van der Waals surface area contributed by atoms with Gasteiger partial charge in [-0.1, -0.05) is 19.6 Å². The molecule has 0 amide bonds. The van der Waals surface area contributed by atoms with Crippen LogP contribution in [0.4, 0.5) is 0 Å². The highest BCUT2D eigenvalue weighted by Crippen LogP contribution is 2.35. The first-order valence-corrected chi connectivity index (χ1v) is 13.6. The topological polar surface area (TPSA) is 76.8 Å². The van der Waals surface area contributed by atoms with Crippen LogP contribution in [-0.4, -0.2) is 72.3 Å². The molecule has 1 aliphatic heterocycles. The number of fused-ring (bicyclic) bond motifs is 1. The minimum atomic E-state index is -1.15. The second-order valence-electron chi connectivity index (χ2n) is 9.20. The summed E-state index contributed by atoms with van der Waals surface area (Å²) in [6.45, 7) is 13.7. The predicted octanol–water partition coefficient (Wildman–Crippen LogP) is 2.47. The van der Waals surface area contributed by atoms with E-state index in [2.05, 4.69) is 36.6 Å². The van der Waals surface area contributed by atoms with Gasteiger partial charge in [0.05, 0.1) is 13.2 Å². The molecule has 8 heteroatoms. The van der Waals surface area contributed by atoms with Crippen LogP contribution in [0, 0.1) is 0 Å². The van der Waals surface area contributed by atoms with Crippen molar-refractivity contribution < 1.29 is 19.4 Å². The quantitative estimate of drug-likeness (QED) is 0.565. The van der Waals surface area contributed by atoms with Crippen LogP contribution in [0.2, 0.25) is 25.7 Å². The zero-order chi connectivity index (χ0) is 19.7. The summed E-state index contributed by atoms with van der Waals surface area (Å²) in [5.41, 5.74) is 2.13. The van der Waals surface area contributed by atoms with Gasteiger partial charge in [-0.2, -0.15) is 5.10 Å². The maximum atomic E-state index is 11.7. The molecule has 2 heterocycles. The van der Waals surface area contributed by atoms with Crippen molar-refractivity contribution in [2.24, 2.45) is 0 Å². The molecule has 1 unspecified atom stereocenters. The molecule has 1 fully saturated rings. The maximum absolute atomic E-state index is 11.7. The SMILES string of the molecule is CC1(N2CCOCC2)CCc2c(C(=O)O)nn(COCC[Si](C)(C)C)c2C1. The number of carboxylic acids is 1. The number of rotatable bonds is 7. The van der Waals surface area contributed by atoms with E-state index in [1.165, 1.54) is 0 Å². The highest BCUT2D eigenvalue weighted by Gasteiger charge is 2.40. The lowest BCUT2D eigenvalue weighted by atomic mass is 9.80. The molecular formula is C19H33N3O4Si. The lowest BCUT2D eigenvalue weighted by molar-refractivity contribution is -0.0228. The van der Waals surface area contributed by atoms with Gasteiger partial charge in [-0.15, -0.1) is 0 Å². The molecule has 1 saturated heterocycles. The minimum Gasteiger partial charge on any atom is -0.476 e. The molecule has 1 N–H and O–H groups in total. The van der Waals surface area contributed by atoms with Crippen molar-refractivity contribution in [1.82, 2.24) is 14.7 Å². The molecule has 0 bridgehead atoms. The third-order valence-electron chi connectivity index (χ3n) is 5.82. The first-order chi connectivity index (χ1) is 12.7. The second kappa shape index (κ2) is 8.03. The van der Waals surface area contributed by atoms with Gasteiger partial charge in [-0.05, 0) is 25.8 Å². The Labute approximate surface area is 162 Å². The van der Waals surface area contributed by atoms with Crippen LogP contribution in [0.3, 0.4) is 0 Å². The summed E-state index contributed by atoms with van der Waals surface area (Å²) in [5.74, 6) is -0.943. The van der Waals surface area contributed by atoms with Crippen LogP contribution in [0.1, 0.15) is 35.1 Å². The summed E-state index contributed by atoms with van der Waals surface area (Å²) in [5, 5.41) is 14.0. The molecule has 1 aromatic rings. The van der Waals surface area contributed by atoms with Crippen molar-refractivity contribution in [3.8, 4) is 0 Å². The van der Waals surface area contributed by atoms with Crippen LogP contribution >= 0.6 is 0 Å². The van der Waals surface area contributed by atoms with Crippen molar-refractivity contribution >= 4 is 14.0 Å². The monoisotopic (exact) mass is 395 g/mol. The van der Waals surface area contributed by atoms with Crippen molar-refractivity contribution in [3.05, 3.63) is 17.0 Å². The molecule has 1 aromatic heterocycles. The lowest BCUT2D eigenvalue weighted by Gasteiger charge is -2.45. The van der Waals surface area contributed by atoms with Crippen molar-refractivity contribution in [1.29, 1.82) is 0 Å². The zero-order valence-corrected chi connectivity index (χ0v) is 18.1. The van der Waals surface area contributed by atoms with E-state index in [0.717, 1.165) is 62.9 Å². The number of hydrogen-bond acceptors (Lipinski definition) is 5. The number of carbonyl (C=O) groups is 1. The highest BCUT2D eigenvalue weighted by molar-refractivity contribution is 6.76. The van der Waals surface area contributed by atoms with E-state index in [1.807, 2.05) is 0 Å². The van der Waals surface area contributed by atoms with Gasteiger partial charge in [0.25, 0.3) is 0 Å². The summed E-state index contributed by atoms with van der Waals surface area (Å²) >= 11 is 0. The molecule has 7 nitrogen and oxygen atoms in total. The summed E-state index contributed by atoms with van der Waals surface area (Å²) in [6.07, 6.45) is 2.50. The Morgan fingerprint density at radius 1 is 1.33 bits per heavy atom. The number of morpholine rings is 1. The Hall–Kier alpha value is -1.22. The molecule has 1 aliphatic carbocycles. The number of aromatic nitrogens is 2. The first-order valence-electron chi connectivity index (χ1n) is 9.92. The molecule has 0 saturated carbocycles. The van der Waals surface area contributed by atoms with E-state index < -0.39 is 14.0 Å². The van der Waals surface area contributed by atoms with Gasteiger partial charge < -0.3 is 14.6 Å². The summed E-state index contributed by atoms with van der Waals surface area (Å²) in [6, 6.07) is 1.09. The fourth-order valence-electron chi connectivity index (χ4n) is 4.02. The number of nitrogens with zero attached hydrogens (tertiary/aromatic N) is 3. The molecule has 3 rings (SSSR count). The van der Waals surface area contributed by atoms with E-state index in [-0.39, 0.29) is 11.2 Å². The molecule has 27 heavy (non-hydrogen) atoms. The van der Waals surface area contributed by atoms with Crippen LogP contribution in [0.5, 0.6) is 0 Å². The van der Waals surface area contributed by atoms with Gasteiger partial charge in [0.1, 0.15) is 6.73 Å². The molecule has 0 spiro atoms. The predicted molar refractivity (Wildman–Crippen MR) is 106 cm³/mol. The molecule has 2 aliphatic rings. The molecule has 152 valence electrons. The molecular weight excluding hydrogens is 362 g/mol. The lowest BCUT2D eigenvalue weighted by Crippen LogP contribution is -2.54. The maximum Gasteiger partial charge on any atom is 0.356 e. The van der Waals surface area contributed by atoms with Gasteiger partial charge in [0.15, 0.2) is 5.69 Å².